The molecule has 2 aromatic heterocycles. The van der Waals surface area contributed by atoms with Crippen molar-refractivity contribution in [2.75, 3.05) is 0 Å². The SMILES string of the molecule is [2H]C([2H])([2H])c1ccc2c3c1c1ccccc1c1ncc(n13)C(C)(C)C2(F)F. The molecule has 0 atom stereocenters. The molecule has 0 radical (unpaired) electrons. The van der Waals surface area contributed by atoms with Crippen molar-refractivity contribution in [3.63, 3.8) is 0 Å². The molecule has 1 aliphatic heterocycles. The first-order valence-electron chi connectivity index (χ1n) is 9.31. The summed E-state index contributed by atoms with van der Waals surface area (Å²) < 4.78 is 56.5. The molecule has 3 heterocycles. The minimum Gasteiger partial charge on any atom is -0.295 e. The van der Waals surface area contributed by atoms with Gasteiger partial charge in [-0.15, -0.1) is 0 Å². The molecule has 0 fully saturated rings. The lowest BCUT2D eigenvalue weighted by Crippen LogP contribution is -2.42. The summed E-state index contributed by atoms with van der Waals surface area (Å²) in [7, 11) is 0. The van der Waals surface area contributed by atoms with E-state index in [9.17, 15) is 0 Å². The number of fused-ring (bicyclic) bond motifs is 3. The van der Waals surface area contributed by atoms with Gasteiger partial charge in [-0.1, -0.05) is 36.4 Å². The van der Waals surface area contributed by atoms with Crippen LogP contribution in [0.3, 0.4) is 0 Å². The summed E-state index contributed by atoms with van der Waals surface area (Å²) in [6.07, 6.45) is 1.49. The molecule has 4 aromatic rings. The summed E-state index contributed by atoms with van der Waals surface area (Å²) in [5.74, 6) is -3.16. The van der Waals surface area contributed by atoms with Gasteiger partial charge in [0.15, 0.2) is 0 Å². The summed E-state index contributed by atoms with van der Waals surface area (Å²) in [6.45, 7) is 0.578. The van der Waals surface area contributed by atoms with Crippen LogP contribution in [-0.2, 0) is 11.3 Å². The number of hydrogen-bond acceptors (Lipinski definition) is 1. The average molecular weight is 325 g/mol. The van der Waals surface area contributed by atoms with Gasteiger partial charge in [0.2, 0.25) is 0 Å². The minimum absolute atomic E-state index is 0.0782. The number of alkyl halides is 2. The molecule has 2 nitrogen and oxygen atoms in total. The van der Waals surface area contributed by atoms with Gasteiger partial charge >= 0.3 is 0 Å². The maximum atomic E-state index is 15.5. The summed E-state index contributed by atoms with van der Waals surface area (Å²) in [5, 5.41) is 1.73. The van der Waals surface area contributed by atoms with Gasteiger partial charge in [0.25, 0.3) is 5.92 Å². The van der Waals surface area contributed by atoms with E-state index in [0.29, 0.717) is 22.1 Å². The predicted molar refractivity (Wildman–Crippen MR) is 91.9 cm³/mol. The molecule has 0 aliphatic carbocycles. The molecular weight excluding hydrogens is 306 g/mol. The van der Waals surface area contributed by atoms with E-state index in [4.69, 9.17) is 4.11 Å². The molecule has 0 unspecified atom stereocenters. The standard InChI is InChI=1S/C20H16F2N2/c1-11-8-9-14-17-16(11)12-6-4-5-7-13(12)18-23-10-15(24(17)18)19(2,3)20(14,21)22/h4-10H,1-3H3/i1D3. The Morgan fingerprint density at radius 1 is 1.08 bits per heavy atom. The Morgan fingerprint density at radius 3 is 2.58 bits per heavy atom. The zero-order valence-electron chi connectivity index (χ0n) is 16.2. The van der Waals surface area contributed by atoms with Crippen LogP contribution in [0.25, 0.3) is 27.3 Å². The Morgan fingerprint density at radius 2 is 1.83 bits per heavy atom. The molecule has 0 spiro atoms. The molecule has 0 N–H and O–H groups in total. The molecule has 1 aliphatic rings. The van der Waals surface area contributed by atoms with Crippen LogP contribution in [0.1, 0.15) is 34.8 Å². The Labute approximate surface area is 141 Å². The number of pyridine rings is 1. The van der Waals surface area contributed by atoms with Crippen LogP contribution in [0.4, 0.5) is 8.78 Å². The number of rotatable bonds is 0. The number of nitrogens with zero attached hydrogens (tertiary/aromatic N) is 2. The molecule has 24 heavy (non-hydrogen) atoms. The molecule has 2 aromatic carbocycles. The lowest BCUT2D eigenvalue weighted by Gasteiger charge is -2.38. The fourth-order valence-corrected chi connectivity index (χ4v) is 3.95. The lowest BCUT2D eigenvalue weighted by atomic mass is 9.75. The highest BCUT2D eigenvalue weighted by atomic mass is 19.3. The van der Waals surface area contributed by atoms with Crippen LogP contribution in [0.15, 0.2) is 42.6 Å². The number of aromatic nitrogens is 2. The van der Waals surface area contributed by atoms with E-state index in [2.05, 4.69) is 4.98 Å². The van der Waals surface area contributed by atoms with Crippen LogP contribution in [-0.4, -0.2) is 9.38 Å². The highest BCUT2D eigenvalue weighted by Crippen LogP contribution is 2.53. The van der Waals surface area contributed by atoms with Crippen molar-refractivity contribution in [2.45, 2.75) is 32.0 Å². The van der Waals surface area contributed by atoms with Gasteiger partial charge in [-0.2, -0.15) is 0 Å². The van der Waals surface area contributed by atoms with Crippen LogP contribution in [0, 0.1) is 6.85 Å². The smallest absolute Gasteiger partial charge is 0.285 e. The average Bonchev–Trinajstić information content (AvgIpc) is 3.05. The molecule has 0 saturated heterocycles. The second-order valence-corrected chi connectivity index (χ2v) is 6.93. The number of halogens is 2. The molecule has 4 heteroatoms. The van der Waals surface area contributed by atoms with E-state index in [1.54, 1.807) is 16.5 Å². The van der Waals surface area contributed by atoms with E-state index in [1.807, 2.05) is 12.1 Å². The van der Waals surface area contributed by atoms with Gasteiger partial charge < -0.3 is 0 Å². The first-order chi connectivity index (χ1) is 12.6. The maximum absolute atomic E-state index is 15.5. The predicted octanol–water partition coefficient (Wildman–Crippen LogP) is 5.33. The fraction of sp³-hybridized carbons (Fsp3) is 0.250. The summed E-state index contributed by atoms with van der Waals surface area (Å²) >= 11 is 0. The van der Waals surface area contributed by atoms with E-state index in [0.717, 1.165) is 5.39 Å². The van der Waals surface area contributed by atoms with Gasteiger partial charge in [0.1, 0.15) is 5.65 Å². The van der Waals surface area contributed by atoms with Crippen LogP contribution in [0.2, 0.25) is 0 Å². The zero-order valence-corrected chi connectivity index (χ0v) is 13.2. The number of benzene rings is 2. The van der Waals surface area contributed by atoms with Crippen molar-refractivity contribution in [1.82, 2.24) is 9.38 Å². The number of aryl methyl sites for hydroxylation is 1. The van der Waals surface area contributed by atoms with Gasteiger partial charge in [-0.3, -0.25) is 4.40 Å². The first-order valence-corrected chi connectivity index (χ1v) is 7.81. The van der Waals surface area contributed by atoms with E-state index in [-0.39, 0.29) is 16.6 Å². The number of imidazole rings is 1. The highest BCUT2D eigenvalue weighted by Gasteiger charge is 2.54. The topological polar surface area (TPSA) is 17.3 Å². The largest absolute Gasteiger partial charge is 0.295 e. The Bertz CT molecular complexity index is 1270. The second kappa shape index (κ2) is 3.94. The normalized spacial score (nSPS) is 20.4. The van der Waals surface area contributed by atoms with Crippen LogP contribution in [0.5, 0.6) is 0 Å². The van der Waals surface area contributed by atoms with Crippen molar-refractivity contribution >= 4 is 27.3 Å². The maximum Gasteiger partial charge on any atom is 0.285 e. The van der Waals surface area contributed by atoms with Gasteiger partial charge in [-0.05, 0) is 31.6 Å². The van der Waals surface area contributed by atoms with Crippen molar-refractivity contribution in [2.24, 2.45) is 0 Å². The van der Waals surface area contributed by atoms with Crippen molar-refractivity contribution in [1.29, 1.82) is 0 Å². The minimum atomic E-state index is -3.16. The highest BCUT2D eigenvalue weighted by molar-refractivity contribution is 6.14. The Kier molecular flexibility index (Phi) is 1.83. The van der Waals surface area contributed by atoms with Crippen molar-refractivity contribution < 1.29 is 12.9 Å². The zero-order chi connectivity index (χ0) is 19.4. The second-order valence-electron chi connectivity index (χ2n) is 6.93. The monoisotopic (exact) mass is 325 g/mol. The van der Waals surface area contributed by atoms with Gasteiger partial charge in [0.05, 0.1) is 22.8 Å². The van der Waals surface area contributed by atoms with E-state index < -0.39 is 18.2 Å². The fourth-order valence-electron chi connectivity index (χ4n) is 3.95. The van der Waals surface area contributed by atoms with Crippen molar-refractivity contribution in [3.05, 3.63) is 59.4 Å². The third kappa shape index (κ3) is 1.31. The quantitative estimate of drug-likeness (QED) is 0.399. The summed E-state index contributed by atoms with van der Waals surface area (Å²) in [6, 6.07) is 9.84. The summed E-state index contributed by atoms with van der Waals surface area (Å²) in [5.41, 5.74) is -0.356. The molecule has 120 valence electrons. The third-order valence-electron chi connectivity index (χ3n) is 5.36. The lowest BCUT2D eigenvalue weighted by molar-refractivity contribution is -0.0759. The Balaban J connectivity index is 2.20. The number of hydrogen-bond donors (Lipinski definition) is 0. The van der Waals surface area contributed by atoms with Crippen molar-refractivity contribution in [3.8, 4) is 0 Å². The van der Waals surface area contributed by atoms with Crippen LogP contribution >= 0.6 is 0 Å². The molecule has 5 rings (SSSR count). The molecular formula is C20H16F2N2. The third-order valence-corrected chi connectivity index (χ3v) is 5.36. The molecule has 0 amide bonds. The van der Waals surface area contributed by atoms with E-state index >= 15 is 8.78 Å². The summed E-state index contributed by atoms with van der Waals surface area (Å²) in [4.78, 5) is 4.44. The molecule has 0 saturated carbocycles. The molecule has 0 bridgehead atoms. The Hall–Kier alpha value is -2.49. The van der Waals surface area contributed by atoms with E-state index in [1.165, 1.54) is 32.2 Å². The van der Waals surface area contributed by atoms with Gasteiger partial charge in [0, 0.05) is 20.4 Å². The first kappa shape index (κ1) is 11.1. The van der Waals surface area contributed by atoms with Gasteiger partial charge in [-0.25, -0.2) is 13.8 Å². The van der Waals surface area contributed by atoms with Crippen LogP contribution < -0.4 is 0 Å².